The van der Waals surface area contributed by atoms with Crippen LogP contribution in [0.2, 0.25) is 0 Å². The molecular formula is C22H22N2O5. The minimum absolute atomic E-state index is 0.249. The second-order valence-electron chi connectivity index (χ2n) is 6.82. The van der Waals surface area contributed by atoms with Gasteiger partial charge in [-0.3, -0.25) is 19.3 Å². The summed E-state index contributed by atoms with van der Waals surface area (Å²) >= 11 is 0. The van der Waals surface area contributed by atoms with Gasteiger partial charge < -0.3 is 10.1 Å². The highest BCUT2D eigenvalue weighted by Gasteiger charge is 2.41. The molecule has 1 aliphatic rings. The van der Waals surface area contributed by atoms with E-state index in [1.54, 1.807) is 24.3 Å². The van der Waals surface area contributed by atoms with Crippen molar-refractivity contribution in [3.63, 3.8) is 0 Å². The van der Waals surface area contributed by atoms with Gasteiger partial charge in [-0.25, -0.2) is 4.79 Å². The lowest BCUT2D eigenvalue weighted by Crippen LogP contribution is -2.45. The molecule has 1 aliphatic heterocycles. The number of esters is 1. The molecule has 0 bridgehead atoms. The molecule has 0 saturated carbocycles. The molecule has 3 amide bonds. The van der Waals surface area contributed by atoms with Crippen molar-refractivity contribution in [1.29, 1.82) is 0 Å². The molecule has 0 aliphatic carbocycles. The fraction of sp³-hybridized carbons (Fsp3) is 0.273. The molecule has 0 aromatic heterocycles. The lowest BCUT2D eigenvalue weighted by atomic mass is 10.1. The third-order valence-corrected chi connectivity index (χ3v) is 4.85. The SMILES string of the molecule is CCc1ccc(NC(=O)[C@H](C)OC(=O)[C@@H](C)N2C(=O)c3ccccc3C2=O)cc1. The van der Waals surface area contributed by atoms with Crippen LogP contribution >= 0.6 is 0 Å². The lowest BCUT2D eigenvalue weighted by Gasteiger charge is -2.22. The van der Waals surface area contributed by atoms with Gasteiger partial charge in [0.05, 0.1) is 11.1 Å². The molecule has 1 N–H and O–H groups in total. The van der Waals surface area contributed by atoms with Gasteiger partial charge in [0.25, 0.3) is 17.7 Å². The van der Waals surface area contributed by atoms with Crippen LogP contribution in [0.5, 0.6) is 0 Å². The van der Waals surface area contributed by atoms with Crippen LogP contribution in [0, 0.1) is 0 Å². The van der Waals surface area contributed by atoms with E-state index in [9.17, 15) is 19.2 Å². The average Bonchev–Trinajstić information content (AvgIpc) is 2.98. The van der Waals surface area contributed by atoms with E-state index in [0.29, 0.717) is 5.69 Å². The fourth-order valence-electron chi connectivity index (χ4n) is 3.06. The molecule has 7 nitrogen and oxygen atoms in total. The Morgan fingerprint density at radius 3 is 2.03 bits per heavy atom. The van der Waals surface area contributed by atoms with Crippen LogP contribution in [-0.4, -0.2) is 40.7 Å². The van der Waals surface area contributed by atoms with Gasteiger partial charge in [0.2, 0.25) is 0 Å². The predicted molar refractivity (Wildman–Crippen MR) is 106 cm³/mol. The molecule has 2 aromatic carbocycles. The summed E-state index contributed by atoms with van der Waals surface area (Å²) in [4.78, 5) is 50.6. The standard InChI is InChI=1S/C22H22N2O5/c1-4-15-9-11-16(12-10-15)23-19(25)14(3)29-22(28)13(2)24-20(26)17-7-5-6-8-18(17)21(24)27/h5-14H,4H2,1-3H3,(H,23,25)/t13-,14+/m1/s1. The molecule has 0 unspecified atom stereocenters. The average molecular weight is 394 g/mol. The number of imide groups is 1. The van der Waals surface area contributed by atoms with Crippen LogP contribution in [0.25, 0.3) is 0 Å². The first-order chi connectivity index (χ1) is 13.8. The molecule has 0 spiro atoms. The lowest BCUT2D eigenvalue weighted by molar-refractivity contribution is -0.156. The van der Waals surface area contributed by atoms with Gasteiger partial charge >= 0.3 is 5.97 Å². The summed E-state index contributed by atoms with van der Waals surface area (Å²) in [6.07, 6.45) is -0.205. The zero-order chi connectivity index (χ0) is 21.1. The summed E-state index contributed by atoms with van der Waals surface area (Å²) in [5, 5.41) is 2.67. The summed E-state index contributed by atoms with van der Waals surface area (Å²) in [6.45, 7) is 4.87. The van der Waals surface area contributed by atoms with Crippen LogP contribution in [-0.2, 0) is 20.7 Å². The summed E-state index contributed by atoms with van der Waals surface area (Å²) in [5.41, 5.74) is 2.22. The van der Waals surface area contributed by atoms with E-state index in [1.807, 2.05) is 19.1 Å². The normalized spacial score (nSPS) is 14.9. The largest absolute Gasteiger partial charge is 0.451 e. The molecule has 7 heteroatoms. The van der Waals surface area contributed by atoms with Gasteiger partial charge in [0.1, 0.15) is 6.04 Å². The molecule has 150 valence electrons. The number of fused-ring (bicyclic) bond motifs is 1. The third kappa shape index (κ3) is 4.03. The van der Waals surface area contributed by atoms with Gasteiger partial charge in [0, 0.05) is 5.69 Å². The summed E-state index contributed by atoms with van der Waals surface area (Å²) in [5.74, 6) is -2.44. The highest BCUT2D eigenvalue weighted by molar-refractivity contribution is 6.22. The highest BCUT2D eigenvalue weighted by atomic mass is 16.5. The Bertz CT molecular complexity index is 932. The Hall–Kier alpha value is -3.48. The first-order valence-electron chi connectivity index (χ1n) is 9.40. The fourth-order valence-corrected chi connectivity index (χ4v) is 3.06. The number of aryl methyl sites for hydroxylation is 1. The topological polar surface area (TPSA) is 92.8 Å². The van der Waals surface area contributed by atoms with Gasteiger partial charge in [-0.1, -0.05) is 31.2 Å². The summed E-state index contributed by atoms with van der Waals surface area (Å²) in [6, 6.07) is 12.6. The van der Waals surface area contributed by atoms with Crippen LogP contribution in [0.3, 0.4) is 0 Å². The van der Waals surface area contributed by atoms with E-state index in [1.165, 1.54) is 26.0 Å². The second-order valence-corrected chi connectivity index (χ2v) is 6.82. The number of carbonyl (C=O) groups excluding carboxylic acids is 4. The highest BCUT2D eigenvalue weighted by Crippen LogP contribution is 2.25. The van der Waals surface area contributed by atoms with Crippen molar-refractivity contribution in [1.82, 2.24) is 4.90 Å². The predicted octanol–water partition coefficient (Wildman–Crippen LogP) is 2.80. The summed E-state index contributed by atoms with van der Waals surface area (Å²) < 4.78 is 5.20. The van der Waals surface area contributed by atoms with E-state index in [-0.39, 0.29) is 11.1 Å². The molecule has 0 fully saturated rings. The van der Waals surface area contributed by atoms with Gasteiger partial charge in [-0.05, 0) is 50.1 Å². The Kier molecular flexibility index (Phi) is 5.77. The van der Waals surface area contributed by atoms with Crippen LogP contribution in [0.1, 0.15) is 47.1 Å². The number of nitrogens with zero attached hydrogens (tertiary/aromatic N) is 1. The molecular weight excluding hydrogens is 372 g/mol. The molecule has 29 heavy (non-hydrogen) atoms. The third-order valence-electron chi connectivity index (χ3n) is 4.85. The number of benzene rings is 2. The minimum atomic E-state index is -1.15. The van der Waals surface area contributed by atoms with Crippen molar-refractivity contribution in [3.05, 3.63) is 65.2 Å². The Labute approximate surface area is 168 Å². The van der Waals surface area contributed by atoms with Crippen molar-refractivity contribution in [2.45, 2.75) is 39.3 Å². The maximum absolute atomic E-state index is 12.5. The zero-order valence-corrected chi connectivity index (χ0v) is 16.5. The summed E-state index contributed by atoms with van der Waals surface area (Å²) in [7, 11) is 0. The number of amides is 3. The maximum atomic E-state index is 12.5. The number of carbonyl (C=O) groups is 4. The molecule has 2 atom stereocenters. The van der Waals surface area contributed by atoms with Gasteiger partial charge in [-0.15, -0.1) is 0 Å². The van der Waals surface area contributed by atoms with Crippen molar-refractivity contribution >= 4 is 29.4 Å². The number of ether oxygens (including phenoxy) is 1. The van der Waals surface area contributed by atoms with Crippen molar-refractivity contribution in [3.8, 4) is 0 Å². The van der Waals surface area contributed by atoms with Gasteiger partial charge in [0.15, 0.2) is 6.10 Å². The van der Waals surface area contributed by atoms with Crippen molar-refractivity contribution in [2.24, 2.45) is 0 Å². The first-order valence-corrected chi connectivity index (χ1v) is 9.40. The van der Waals surface area contributed by atoms with Crippen LogP contribution in [0.4, 0.5) is 5.69 Å². The minimum Gasteiger partial charge on any atom is -0.451 e. The number of anilines is 1. The van der Waals surface area contributed by atoms with E-state index in [2.05, 4.69) is 5.32 Å². The van der Waals surface area contributed by atoms with Gasteiger partial charge in [-0.2, -0.15) is 0 Å². The smallest absolute Gasteiger partial charge is 0.329 e. The molecule has 0 radical (unpaired) electrons. The Morgan fingerprint density at radius 2 is 1.52 bits per heavy atom. The molecule has 3 rings (SSSR count). The van der Waals surface area contributed by atoms with Crippen molar-refractivity contribution < 1.29 is 23.9 Å². The van der Waals surface area contributed by atoms with Crippen LogP contribution < -0.4 is 5.32 Å². The van der Waals surface area contributed by atoms with Crippen molar-refractivity contribution in [2.75, 3.05) is 5.32 Å². The van der Waals surface area contributed by atoms with E-state index in [4.69, 9.17) is 4.74 Å². The number of nitrogens with one attached hydrogen (secondary N) is 1. The second kappa shape index (κ2) is 8.26. The maximum Gasteiger partial charge on any atom is 0.329 e. The molecule has 0 saturated heterocycles. The van der Waals surface area contributed by atoms with Crippen LogP contribution in [0.15, 0.2) is 48.5 Å². The number of rotatable bonds is 6. The first kappa shape index (κ1) is 20.3. The molecule has 2 aromatic rings. The Morgan fingerprint density at radius 1 is 0.966 bits per heavy atom. The number of hydrogen-bond acceptors (Lipinski definition) is 5. The Balaban J connectivity index is 1.62. The number of hydrogen-bond donors (Lipinski definition) is 1. The zero-order valence-electron chi connectivity index (χ0n) is 16.5. The molecule has 1 heterocycles. The van der Waals surface area contributed by atoms with E-state index >= 15 is 0 Å². The quantitative estimate of drug-likeness (QED) is 0.601. The van der Waals surface area contributed by atoms with E-state index < -0.39 is 35.8 Å². The van der Waals surface area contributed by atoms with E-state index in [0.717, 1.165) is 16.9 Å². The monoisotopic (exact) mass is 394 g/mol.